The summed E-state index contributed by atoms with van der Waals surface area (Å²) < 4.78 is 1.81. The van der Waals surface area contributed by atoms with Crippen molar-refractivity contribution in [2.45, 2.75) is 39.0 Å². The van der Waals surface area contributed by atoms with Gasteiger partial charge in [0.05, 0.1) is 11.2 Å². The minimum absolute atomic E-state index is 0.114. The maximum absolute atomic E-state index is 12.1. The maximum atomic E-state index is 12.1. The van der Waals surface area contributed by atoms with Crippen molar-refractivity contribution in [2.24, 2.45) is 5.92 Å². The lowest BCUT2D eigenvalue weighted by atomic mass is 9.72. The number of nitrogens with zero attached hydrogens (tertiary/aromatic N) is 5. The van der Waals surface area contributed by atoms with Gasteiger partial charge in [0.25, 0.3) is 0 Å². The van der Waals surface area contributed by atoms with Crippen LogP contribution in [-0.2, 0) is 4.79 Å². The fourth-order valence-corrected chi connectivity index (χ4v) is 5.17. The third kappa shape index (κ3) is 3.46. The van der Waals surface area contributed by atoms with Gasteiger partial charge in [-0.2, -0.15) is 5.10 Å². The number of ketones is 1. The first-order chi connectivity index (χ1) is 17.0. The van der Waals surface area contributed by atoms with Gasteiger partial charge in [-0.1, -0.05) is 55.5 Å². The van der Waals surface area contributed by atoms with Crippen LogP contribution in [0.3, 0.4) is 0 Å². The van der Waals surface area contributed by atoms with Crippen LogP contribution in [0.15, 0.2) is 60.9 Å². The van der Waals surface area contributed by atoms with Crippen molar-refractivity contribution in [1.29, 1.82) is 0 Å². The predicted octanol–water partition coefficient (Wildman–Crippen LogP) is 5.37. The van der Waals surface area contributed by atoms with Gasteiger partial charge in [0.2, 0.25) is 0 Å². The number of carbonyl (C=O) groups excluding carboxylic acids is 1. The van der Waals surface area contributed by atoms with Gasteiger partial charge in [-0.3, -0.25) is 4.79 Å². The van der Waals surface area contributed by atoms with E-state index in [0.717, 1.165) is 57.6 Å². The molecule has 1 aliphatic carbocycles. The molecule has 1 fully saturated rings. The third-order valence-corrected chi connectivity index (χ3v) is 7.23. The lowest BCUT2D eigenvalue weighted by Crippen LogP contribution is -2.30. The topological polar surface area (TPSA) is 99.1 Å². The lowest BCUT2D eigenvalue weighted by molar-refractivity contribution is -0.125. The monoisotopic (exact) mass is 462 g/mol. The molecule has 1 saturated carbocycles. The summed E-state index contributed by atoms with van der Waals surface area (Å²) >= 11 is 0. The number of rotatable bonds is 5. The molecule has 0 bridgehead atoms. The average molecular weight is 463 g/mol. The van der Waals surface area contributed by atoms with E-state index in [1.807, 2.05) is 29.6 Å². The molecule has 6 rings (SSSR count). The number of hydrogen-bond acceptors (Lipinski definition) is 6. The van der Waals surface area contributed by atoms with Crippen molar-refractivity contribution < 1.29 is 4.79 Å². The molecule has 0 saturated heterocycles. The van der Waals surface area contributed by atoms with Crippen LogP contribution in [0.25, 0.3) is 38.9 Å². The number of Topliss-reactive ketones (excluding diaryl/α,β-unsaturated/α-hetero) is 1. The largest absolute Gasteiger partial charge is 0.382 e. The van der Waals surface area contributed by atoms with Crippen LogP contribution in [-0.4, -0.2) is 30.3 Å². The Morgan fingerprint density at radius 2 is 1.83 bits per heavy atom. The van der Waals surface area contributed by atoms with E-state index >= 15 is 0 Å². The number of nitrogen functional groups attached to an aromatic ring is 1. The van der Waals surface area contributed by atoms with Crippen molar-refractivity contribution in [3.05, 3.63) is 72.3 Å². The molecule has 2 N–H and O–H groups in total. The fourth-order valence-electron chi connectivity index (χ4n) is 5.17. The first-order valence-corrected chi connectivity index (χ1v) is 12.0. The van der Waals surface area contributed by atoms with Crippen LogP contribution < -0.4 is 5.73 Å². The SMILES string of the molecule is CCC(=O)C1CC(c2nc(-c3ccc4ccc(-c5ccccc5)nc4c3C)c3c(N)ncnn23)C1. The van der Waals surface area contributed by atoms with Crippen molar-refractivity contribution in [1.82, 2.24) is 24.6 Å². The summed E-state index contributed by atoms with van der Waals surface area (Å²) in [6.07, 6.45) is 3.64. The Kier molecular flexibility index (Phi) is 5.06. The van der Waals surface area contributed by atoms with Gasteiger partial charge in [-0.15, -0.1) is 0 Å². The van der Waals surface area contributed by atoms with E-state index in [1.165, 1.54) is 6.33 Å². The van der Waals surface area contributed by atoms with E-state index in [0.29, 0.717) is 23.5 Å². The van der Waals surface area contributed by atoms with Crippen molar-refractivity contribution in [2.75, 3.05) is 5.73 Å². The molecule has 3 heterocycles. The molecular formula is C28H26N6O. The number of pyridine rings is 1. The quantitative estimate of drug-likeness (QED) is 0.377. The minimum Gasteiger partial charge on any atom is -0.382 e. The average Bonchev–Trinajstić information content (AvgIpc) is 3.24. The highest BCUT2D eigenvalue weighted by Crippen LogP contribution is 2.44. The maximum Gasteiger partial charge on any atom is 0.153 e. The summed E-state index contributed by atoms with van der Waals surface area (Å²) in [4.78, 5) is 26.4. The van der Waals surface area contributed by atoms with E-state index in [9.17, 15) is 4.79 Å². The Labute approximate surface area is 203 Å². The molecule has 7 heteroatoms. The molecule has 35 heavy (non-hydrogen) atoms. The van der Waals surface area contributed by atoms with Crippen molar-refractivity contribution in [3.8, 4) is 22.5 Å². The van der Waals surface area contributed by atoms with Gasteiger partial charge in [-0.05, 0) is 31.4 Å². The third-order valence-electron chi connectivity index (χ3n) is 7.23. The van der Waals surface area contributed by atoms with Gasteiger partial charge in [0, 0.05) is 34.8 Å². The van der Waals surface area contributed by atoms with Gasteiger partial charge in [-0.25, -0.2) is 19.5 Å². The smallest absolute Gasteiger partial charge is 0.153 e. The zero-order chi connectivity index (χ0) is 24.1. The lowest BCUT2D eigenvalue weighted by Gasteiger charge is -2.32. The molecule has 5 aromatic rings. The van der Waals surface area contributed by atoms with Crippen LogP contribution >= 0.6 is 0 Å². The second-order valence-corrected chi connectivity index (χ2v) is 9.28. The van der Waals surface area contributed by atoms with Crippen molar-refractivity contribution >= 4 is 28.0 Å². The summed E-state index contributed by atoms with van der Waals surface area (Å²) in [5, 5.41) is 5.56. The predicted molar refractivity (Wildman–Crippen MR) is 137 cm³/mol. The van der Waals surface area contributed by atoms with Crippen LogP contribution in [0.1, 0.15) is 43.5 Å². The van der Waals surface area contributed by atoms with Crippen molar-refractivity contribution in [3.63, 3.8) is 0 Å². The number of aromatic nitrogens is 5. The molecule has 0 amide bonds. The fraction of sp³-hybridized carbons (Fsp3) is 0.250. The molecule has 3 aromatic heterocycles. The van der Waals surface area contributed by atoms with E-state index < -0.39 is 0 Å². The molecule has 0 unspecified atom stereocenters. The Morgan fingerprint density at radius 1 is 1.06 bits per heavy atom. The van der Waals surface area contributed by atoms with E-state index in [-0.39, 0.29) is 11.8 Å². The first kappa shape index (κ1) is 21.4. The normalized spacial score (nSPS) is 17.5. The van der Waals surface area contributed by atoms with Crippen LogP contribution in [0.5, 0.6) is 0 Å². The summed E-state index contributed by atoms with van der Waals surface area (Å²) in [6.45, 7) is 4.00. The van der Waals surface area contributed by atoms with E-state index in [1.54, 1.807) is 0 Å². The summed E-state index contributed by atoms with van der Waals surface area (Å²) in [7, 11) is 0. The molecule has 1 aliphatic rings. The molecule has 2 aromatic carbocycles. The highest BCUT2D eigenvalue weighted by Gasteiger charge is 2.38. The summed E-state index contributed by atoms with van der Waals surface area (Å²) in [6, 6.07) is 18.5. The van der Waals surface area contributed by atoms with Crippen LogP contribution in [0.2, 0.25) is 0 Å². The van der Waals surface area contributed by atoms with Gasteiger partial charge < -0.3 is 5.73 Å². The number of nitrogens with two attached hydrogens (primary N) is 1. The molecule has 0 radical (unpaired) electrons. The Bertz CT molecular complexity index is 1580. The number of fused-ring (bicyclic) bond motifs is 2. The van der Waals surface area contributed by atoms with Gasteiger partial charge >= 0.3 is 0 Å². The molecule has 174 valence electrons. The summed E-state index contributed by atoms with van der Waals surface area (Å²) in [5.41, 5.74) is 12.7. The Morgan fingerprint density at radius 3 is 2.60 bits per heavy atom. The van der Waals surface area contributed by atoms with Gasteiger partial charge in [0.15, 0.2) is 5.82 Å². The zero-order valence-corrected chi connectivity index (χ0v) is 19.8. The molecule has 7 nitrogen and oxygen atoms in total. The standard InChI is InChI=1S/C28H26N6O/c1-3-23(35)19-13-20(14-19)28-33-25(26-27(29)30-15-31-34(26)28)21-11-9-18-10-12-22(32-24(18)16(21)2)17-7-5-4-6-8-17/h4-12,15,19-20H,3,13-14H2,1-2H3,(H2,29,30,31). The molecule has 0 aliphatic heterocycles. The Hall–Kier alpha value is -4.13. The van der Waals surface area contributed by atoms with Crippen LogP contribution in [0, 0.1) is 12.8 Å². The number of anilines is 1. The first-order valence-electron chi connectivity index (χ1n) is 12.0. The highest BCUT2D eigenvalue weighted by atomic mass is 16.1. The Balaban J connectivity index is 1.49. The number of benzene rings is 2. The molecule has 0 spiro atoms. The molecule has 0 atom stereocenters. The van der Waals surface area contributed by atoms with E-state index in [4.69, 9.17) is 15.7 Å². The highest BCUT2D eigenvalue weighted by molar-refractivity contribution is 5.94. The second-order valence-electron chi connectivity index (χ2n) is 9.28. The van der Waals surface area contributed by atoms with Gasteiger partial charge in [0.1, 0.15) is 29.1 Å². The summed E-state index contributed by atoms with van der Waals surface area (Å²) in [5.74, 6) is 1.84. The molecular weight excluding hydrogens is 436 g/mol. The minimum atomic E-state index is 0.114. The zero-order valence-electron chi connectivity index (χ0n) is 19.8. The number of imidazole rings is 1. The van der Waals surface area contributed by atoms with E-state index in [2.05, 4.69) is 53.4 Å². The second kappa shape index (κ2) is 8.27. The number of hydrogen-bond donors (Lipinski definition) is 1. The number of carbonyl (C=O) groups is 1. The number of aryl methyl sites for hydroxylation is 1. The van der Waals surface area contributed by atoms with Crippen LogP contribution in [0.4, 0.5) is 5.82 Å².